The van der Waals surface area contributed by atoms with Crippen LogP contribution in [0.5, 0.6) is 5.88 Å². The summed E-state index contributed by atoms with van der Waals surface area (Å²) in [4.78, 5) is 9.19. The summed E-state index contributed by atoms with van der Waals surface area (Å²) in [6, 6.07) is 2.34. The summed E-state index contributed by atoms with van der Waals surface area (Å²) in [6.45, 7) is 6.34. The highest BCUT2D eigenvalue weighted by atomic mass is 16.5. The van der Waals surface area contributed by atoms with Crippen LogP contribution in [0.3, 0.4) is 0 Å². The molecule has 0 aliphatic carbocycles. The van der Waals surface area contributed by atoms with E-state index in [1.807, 2.05) is 23.1 Å². The van der Waals surface area contributed by atoms with Gasteiger partial charge in [-0.3, -0.25) is 9.67 Å². The number of hydrogen-bond acceptors (Lipinski definition) is 5. The first-order chi connectivity index (χ1) is 11.7. The molecule has 2 aromatic heterocycles. The van der Waals surface area contributed by atoms with Crippen molar-refractivity contribution in [3.63, 3.8) is 0 Å². The Morgan fingerprint density at radius 2 is 2.29 bits per heavy atom. The first-order valence-corrected chi connectivity index (χ1v) is 8.54. The first kappa shape index (κ1) is 15.3. The second kappa shape index (κ2) is 6.36. The predicted octanol–water partition coefficient (Wildman–Crippen LogP) is 2.77. The lowest BCUT2D eigenvalue weighted by atomic mass is 10.0. The van der Waals surface area contributed by atoms with Crippen LogP contribution in [0.1, 0.15) is 49.4 Å². The van der Waals surface area contributed by atoms with Crippen molar-refractivity contribution in [1.82, 2.24) is 14.8 Å². The van der Waals surface area contributed by atoms with Crippen LogP contribution in [-0.4, -0.2) is 39.8 Å². The van der Waals surface area contributed by atoms with Gasteiger partial charge in [0, 0.05) is 30.6 Å². The van der Waals surface area contributed by atoms with Gasteiger partial charge in [-0.25, -0.2) is 4.98 Å². The van der Waals surface area contributed by atoms with E-state index in [-0.39, 0.29) is 6.10 Å². The summed E-state index contributed by atoms with van der Waals surface area (Å²) >= 11 is 0. The molecule has 0 radical (unpaired) electrons. The van der Waals surface area contributed by atoms with Crippen molar-refractivity contribution < 1.29 is 9.47 Å². The Morgan fingerprint density at radius 3 is 3.04 bits per heavy atom. The molecule has 4 rings (SSSR count). The fourth-order valence-corrected chi connectivity index (χ4v) is 3.14. The maximum atomic E-state index is 6.16. The number of rotatable bonds is 4. The number of aliphatic imine (C=N–C) groups is 1. The number of fused-ring (bicyclic) bond motifs is 1. The summed E-state index contributed by atoms with van der Waals surface area (Å²) in [5, 5.41) is 4.43. The zero-order valence-electron chi connectivity index (χ0n) is 14.1. The highest BCUT2D eigenvalue weighted by Crippen LogP contribution is 2.31. The summed E-state index contributed by atoms with van der Waals surface area (Å²) in [7, 11) is 0. The molecule has 24 heavy (non-hydrogen) atoms. The Morgan fingerprint density at radius 1 is 1.38 bits per heavy atom. The standard InChI is InChI=1S/C18H22N4O2/c1-12(2)22-10-14(9-21-22)17-16-13(8-20-17)5-6-19-18(16)24-15-4-3-7-23-11-15/h5-6,9-10,12,15H,3-4,7-8,11H2,1-2H3. The minimum absolute atomic E-state index is 0.0676. The third kappa shape index (κ3) is 2.82. The molecule has 1 fully saturated rings. The van der Waals surface area contributed by atoms with E-state index in [2.05, 4.69) is 23.9 Å². The third-order valence-corrected chi connectivity index (χ3v) is 4.45. The van der Waals surface area contributed by atoms with Crippen molar-refractivity contribution >= 4 is 5.71 Å². The molecule has 1 saturated heterocycles. The molecule has 2 aliphatic heterocycles. The van der Waals surface area contributed by atoms with E-state index in [4.69, 9.17) is 14.5 Å². The van der Waals surface area contributed by atoms with Crippen molar-refractivity contribution in [2.75, 3.05) is 13.2 Å². The second-order valence-electron chi connectivity index (χ2n) is 6.57. The van der Waals surface area contributed by atoms with Crippen molar-refractivity contribution in [2.45, 2.75) is 45.4 Å². The van der Waals surface area contributed by atoms with Gasteiger partial charge >= 0.3 is 0 Å². The van der Waals surface area contributed by atoms with E-state index < -0.39 is 0 Å². The lowest BCUT2D eigenvalue weighted by Crippen LogP contribution is -2.29. The Bertz CT molecular complexity index is 760. The van der Waals surface area contributed by atoms with Gasteiger partial charge in [-0.05, 0) is 38.3 Å². The van der Waals surface area contributed by atoms with Gasteiger partial charge in [0.25, 0.3) is 0 Å². The van der Waals surface area contributed by atoms with Gasteiger partial charge < -0.3 is 9.47 Å². The van der Waals surface area contributed by atoms with E-state index in [0.29, 0.717) is 25.1 Å². The van der Waals surface area contributed by atoms with Crippen LogP contribution in [0.2, 0.25) is 0 Å². The van der Waals surface area contributed by atoms with Gasteiger partial charge in [0.2, 0.25) is 5.88 Å². The van der Waals surface area contributed by atoms with Crippen molar-refractivity contribution in [3.05, 3.63) is 41.3 Å². The third-order valence-electron chi connectivity index (χ3n) is 4.45. The molecule has 1 atom stereocenters. The molecular weight excluding hydrogens is 304 g/mol. The Labute approximate surface area is 141 Å². The van der Waals surface area contributed by atoms with E-state index in [0.717, 1.165) is 41.9 Å². The number of ether oxygens (including phenoxy) is 2. The Balaban J connectivity index is 1.65. The number of hydrogen-bond donors (Lipinski definition) is 0. The van der Waals surface area contributed by atoms with Crippen LogP contribution in [0.25, 0.3) is 0 Å². The van der Waals surface area contributed by atoms with E-state index in [9.17, 15) is 0 Å². The summed E-state index contributed by atoms with van der Waals surface area (Å²) < 4.78 is 13.6. The highest BCUT2D eigenvalue weighted by molar-refractivity contribution is 6.16. The van der Waals surface area contributed by atoms with E-state index in [1.54, 1.807) is 6.20 Å². The van der Waals surface area contributed by atoms with Crippen LogP contribution in [0, 0.1) is 0 Å². The number of aromatic nitrogens is 3. The SMILES string of the molecule is CC(C)n1cc(C2=NCc3ccnc(OC4CCCOC4)c32)cn1. The summed E-state index contributed by atoms with van der Waals surface area (Å²) in [5.41, 5.74) is 4.10. The molecule has 4 heterocycles. The fraction of sp³-hybridized carbons (Fsp3) is 0.500. The molecule has 2 aliphatic rings. The maximum absolute atomic E-state index is 6.16. The Kier molecular flexibility index (Phi) is 4.06. The lowest BCUT2D eigenvalue weighted by Gasteiger charge is -2.23. The molecule has 6 heteroatoms. The molecule has 126 valence electrons. The lowest BCUT2D eigenvalue weighted by molar-refractivity contribution is 0.00541. The van der Waals surface area contributed by atoms with E-state index >= 15 is 0 Å². The topological polar surface area (TPSA) is 61.5 Å². The molecule has 0 aromatic carbocycles. The number of nitrogens with zero attached hydrogens (tertiary/aromatic N) is 4. The molecule has 6 nitrogen and oxygen atoms in total. The molecule has 0 bridgehead atoms. The molecule has 2 aromatic rings. The minimum atomic E-state index is 0.0676. The smallest absolute Gasteiger partial charge is 0.223 e. The summed E-state index contributed by atoms with van der Waals surface area (Å²) in [5.74, 6) is 0.663. The first-order valence-electron chi connectivity index (χ1n) is 8.54. The molecule has 1 unspecified atom stereocenters. The average Bonchev–Trinajstić information content (AvgIpc) is 3.23. The normalized spacial score (nSPS) is 20.1. The van der Waals surface area contributed by atoms with Gasteiger partial charge in [-0.1, -0.05) is 0 Å². The monoisotopic (exact) mass is 326 g/mol. The van der Waals surface area contributed by atoms with Gasteiger partial charge in [-0.15, -0.1) is 0 Å². The maximum Gasteiger partial charge on any atom is 0.223 e. The highest BCUT2D eigenvalue weighted by Gasteiger charge is 2.26. The summed E-state index contributed by atoms with van der Waals surface area (Å²) in [6.07, 6.45) is 7.81. The predicted molar refractivity (Wildman–Crippen MR) is 90.7 cm³/mol. The van der Waals surface area contributed by atoms with Gasteiger partial charge in [0.1, 0.15) is 6.10 Å². The fourth-order valence-electron chi connectivity index (χ4n) is 3.14. The Hall–Kier alpha value is -2.21. The van der Waals surface area contributed by atoms with Crippen LogP contribution >= 0.6 is 0 Å². The molecule has 0 spiro atoms. The molecule has 0 N–H and O–H groups in total. The van der Waals surface area contributed by atoms with E-state index in [1.165, 1.54) is 0 Å². The van der Waals surface area contributed by atoms with Crippen molar-refractivity contribution in [1.29, 1.82) is 0 Å². The van der Waals surface area contributed by atoms with Gasteiger partial charge in [0.05, 0.1) is 30.6 Å². The molecule has 0 saturated carbocycles. The second-order valence-corrected chi connectivity index (χ2v) is 6.57. The van der Waals surface area contributed by atoms with Crippen molar-refractivity contribution in [2.24, 2.45) is 4.99 Å². The van der Waals surface area contributed by atoms with Crippen LogP contribution < -0.4 is 4.74 Å². The van der Waals surface area contributed by atoms with Crippen molar-refractivity contribution in [3.8, 4) is 5.88 Å². The van der Waals surface area contributed by atoms with Gasteiger partial charge in [-0.2, -0.15) is 5.10 Å². The van der Waals surface area contributed by atoms with Crippen LogP contribution in [-0.2, 0) is 11.3 Å². The minimum Gasteiger partial charge on any atom is -0.471 e. The zero-order chi connectivity index (χ0) is 16.5. The van der Waals surface area contributed by atoms with Crippen LogP contribution in [0.15, 0.2) is 29.6 Å². The largest absolute Gasteiger partial charge is 0.471 e. The average molecular weight is 326 g/mol. The molecular formula is C18H22N4O2. The van der Waals surface area contributed by atoms with Crippen LogP contribution in [0.4, 0.5) is 0 Å². The quantitative estimate of drug-likeness (QED) is 0.867. The van der Waals surface area contributed by atoms with Gasteiger partial charge in [0.15, 0.2) is 0 Å². The molecule has 0 amide bonds. The number of pyridine rings is 1. The zero-order valence-corrected chi connectivity index (χ0v) is 14.1.